The van der Waals surface area contributed by atoms with Gasteiger partial charge in [0, 0.05) is 35.1 Å². The number of carbonyl (C=O) groups is 1. The lowest BCUT2D eigenvalue weighted by Gasteiger charge is -2.05. The van der Waals surface area contributed by atoms with Gasteiger partial charge in [0.05, 0.1) is 11.3 Å². The van der Waals surface area contributed by atoms with E-state index in [1.165, 1.54) is 10.0 Å². The Kier molecular flexibility index (Phi) is 4.81. The summed E-state index contributed by atoms with van der Waals surface area (Å²) in [5.74, 6) is -0.0826. The van der Waals surface area contributed by atoms with Gasteiger partial charge >= 0.3 is 0 Å². The van der Waals surface area contributed by atoms with Crippen LogP contribution in [0.1, 0.15) is 29.3 Å². The lowest BCUT2D eigenvalue weighted by atomic mass is 10.1. The van der Waals surface area contributed by atoms with Gasteiger partial charge < -0.3 is 0 Å². The molecule has 0 bridgehead atoms. The third-order valence-corrected chi connectivity index (χ3v) is 5.68. The highest BCUT2D eigenvalue weighted by Gasteiger charge is 2.17. The van der Waals surface area contributed by atoms with E-state index < -0.39 is 10.0 Å². The van der Waals surface area contributed by atoms with Crippen molar-refractivity contribution in [3.63, 3.8) is 0 Å². The molecule has 0 radical (unpaired) electrons. The van der Waals surface area contributed by atoms with E-state index in [1.54, 1.807) is 48.9 Å². The fourth-order valence-corrected chi connectivity index (χ4v) is 4.12. The normalized spacial score (nSPS) is 12.0. The van der Waals surface area contributed by atoms with Crippen molar-refractivity contribution in [2.24, 2.45) is 0 Å². The number of hydrogen-bond donors (Lipinski definition) is 0. The molecule has 2 aromatic heterocycles. The van der Waals surface area contributed by atoms with E-state index in [2.05, 4.69) is 4.98 Å². The summed E-state index contributed by atoms with van der Waals surface area (Å²) in [5.41, 5.74) is 1.85. The molecule has 0 unspecified atom stereocenters. The van der Waals surface area contributed by atoms with Gasteiger partial charge in [-0.1, -0.05) is 25.1 Å². The summed E-state index contributed by atoms with van der Waals surface area (Å²) in [6.45, 7) is 1.83. The third kappa shape index (κ3) is 3.53. The Balaban J connectivity index is 2.03. The number of fused-ring (bicyclic) bond motifs is 1. The molecule has 2 heterocycles. The van der Waals surface area contributed by atoms with E-state index in [9.17, 15) is 13.2 Å². The molecule has 3 rings (SSSR count). The Morgan fingerprint density at radius 2 is 1.88 bits per heavy atom. The third-order valence-electron chi connectivity index (χ3n) is 3.85. The minimum absolute atomic E-state index is 0.0742. The molecule has 0 N–H and O–H groups in total. The monoisotopic (exact) mass is 354 g/mol. The summed E-state index contributed by atoms with van der Waals surface area (Å²) in [6, 6.07) is 10.6. The van der Waals surface area contributed by atoms with Crippen LogP contribution in [0.4, 0.5) is 0 Å². The van der Waals surface area contributed by atoms with Crippen LogP contribution < -0.4 is 0 Å². The van der Waals surface area contributed by atoms with E-state index in [-0.39, 0.29) is 11.5 Å². The average molecular weight is 354 g/mol. The second-order valence-corrected chi connectivity index (χ2v) is 7.61. The molecule has 3 aromatic rings. The molecule has 0 saturated heterocycles. The number of pyridine rings is 1. The van der Waals surface area contributed by atoms with Crippen LogP contribution in [0.5, 0.6) is 0 Å². The van der Waals surface area contributed by atoms with Crippen LogP contribution in [0.3, 0.4) is 0 Å². The largest absolute Gasteiger partial charge is 0.289 e. The number of allylic oxidation sites excluding steroid dienone is 1. The standard InChI is InChI=1S/C19H18N2O3S/c1-2-13-25(23,24)21-14-16(17-5-3-4-6-18(17)21)7-8-19(22)15-9-11-20-12-10-15/h3-12,14H,2,13H2,1H3/b8-7+. The molecule has 0 aliphatic carbocycles. The van der Waals surface area contributed by atoms with Gasteiger partial charge in [-0.3, -0.25) is 9.78 Å². The van der Waals surface area contributed by atoms with Crippen LogP contribution in [0.2, 0.25) is 0 Å². The van der Waals surface area contributed by atoms with E-state index in [4.69, 9.17) is 0 Å². The number of nitrogens with zero attached hydrogens (tertiary/aromatic N) is 2. The van der Waals surface area contributed by atoms with Crippen LogP contribution in [-0.4, -0.2) is 28.9 Å². The fraction of sp³-hybridized carbons (Fsp3) is 0.158. The number of ketones is 1. The Morgan fingerprint density at radius 3 is 2.60 bits per heavy atom. The number of carbonyl (C=O) groups excluding carboxylic acids is 1. The smallest absolute Gasteiger partial charge is 0.238 e. The Labute approximate surface area is 146 Å². The SMILES string of the molecule is CCCS(=O)(=O)n1cc(/C=C/C(=O)c2ccncc2)c2ccccc21. The summed E-state index contributed by atoms with van der Waals surface area (Å²) in [6.07, 6.45) is 8.35. The molecule has 0 spiro atoms. The number of rotatable bonds is 6. The summed E-state index contributed by atoms with van der Waals surface area (Å²) >= 11 is 0. The molecule has 0 saturated carbocycles. The summed E-state index contributed by atoms with van der Waals surface area (Å²) in [5, 5.41) is 0.793. The molecular weight excluding hydrogens is 336 g/mol. The predicted octanol–water partition coefficient (Wildman–Crippen LogP) is 3.52. The van der Waals surface area contributed by atoms with E-state index in [1.807, 2.05) is 19.1 Å². The Morgan fingerprint density at radius 1 is 1.16 bits per heavy atom. The van der Waals surface area contributed by atoms with Crippen LogP contribution in [0.25, 0.3) is 17.0 Å². The van der Waals surface area contributed by atoms with E-state index in [0.717, 1.165) is 5.39 Å². The van der Waals surface area contributed by atoms with Crippen molar-refractivity contribution in [3.8, 4) is 0 Å². The molecule has 5 nitrogen and oxygen atoms in total. The highest BCUT2D eigenvalue weighted by Crippen LogP contribution is 2.24. The Bertz CT molecular complexity index is 1030. The first-order valence-electron chi connectivity index (χ1n) is 7.98. The van der Waals surface area contributed by atoms with Gasteiger partial charge in [0.2, 0.25) is 10.0 Å². The summed E-state index contributed by atoms with van der Waals surface area (Å²) < 4.78 is 26.3. The van der Waals surface area contributed by atoms with E-state index >= 15 is 0 Å². The van der Waals surface area contributed by atoms with Gasteiger partial charge in [-0.25, -0.2) is 12.4 Å². The molecule has 0 aliphatic rings. The van der Waals surface area contributed by atoms with Crippen molar-refractivity contribution in [1.82, 2.24) is 8.96 Å². The topological polar surface area (TPSA) is 69.0 Å². The number of benzene rings is 1. The van der Waals surface area contributed by atoms with Crippen molar-refractivity contribution in [3.05, 3.63) is 72.2 Å². The maximum Gasteiger partial charge on any atom is 0.238 e. The molecule has 6 heteroatoms. The highest BCUT2D eigenvalue weighted by molar-refractivity contribution is 7.90. The van der Waals surface area contributed by atoms with Crippen molar-refractivity contribution < 1.29 is 13.2 Å². The van der Waals surface area contributed by atoms with Gasteiger partial charge in [-0.2, -0.15) is 0 Å². The minimum atomic E-state index is -3.42. The first kappa shape index (κ1) is 17.1. The van der Waals surface area contributed by atoms with Crippen LogP contribution in [-0.2, 0) is 10.0 Å². The molecule has 0 amide bonds. The van der Waals surface area contributed by atoms with Crippen molar-refractivity contribution in [1.29, 1.82) is 0 Å². The average Bonchev–Trinajstić information content (AvgIpc) is 3.00. The van der Waals surface area contributed by atoms with Gasteiger partial charge in [0.15, 0.2) is 5.78 Å². The molecule has 0 atom stereocenters. The molecular formula is C19H18N2O3S. The van der Waals surface area contributed by atoms with Gasteiger partial charge in [0.25, 0.3) is 0 Å². The van der Waals surface area contributed by atoms with Crippen molar-refractivity contribution in [2.75, 3.05) is 5.75 Å². The zero-order valence-electron chi connectivity index (χ0n) is 13.8. The van der Waals surface area contributed by atoms with Gasteiger partial charge in [-0.05, 0) is 36.8 Å². The zero-order valence-corrected chi connectivity index (χ0v) is 14.6. The maximum atomic E-state index is 12.5. The summed E-state index contributed by atoms with van der Waals surface area (Å²) in [7, 11) is -3.42. The fourth-order valence-electron chi connectivity index (χ4n) is 2.67. The van der Waals surface area contributed by atoms with Crippen molar-refractivity contribution >= 4 is 32.8 Å². The molecule has 0 fully saturated rings. The first-order chi connectivity index (χ1) is 12.0. The minimum Gasteiger partial charge on any atom is -0.289 e. The lowest BCUT2D eigenvalue weighted by molar-refractivity contribution is 0.104. The second-order valence-electron chi connectivity index (χ2n) is 5.65. The van der Waals surface area contributed by atoms with Gasteiger partial charge in [-0.15, -0.1) is 0 Å². The number of aromatic nitrogens is 2. The highest BCUT2D eigenvalue weighted by atomic mass is 32.2. The molecule has 128 valence electrons. The van der Waals surface area contributed by atoms with Crippen LogP contribution in [0.15, 0.2) is 61.1 Å². The summed E-state index contributed by atoms with van der Waals surface area (Å²) in [4.78, 5) is 16.1. The maximum absolute atomic E-state index is 12.5. The van der Waals surface area contributed by atoms with Crippen LogP contribution >= 0.6 is 0 Å². The predicted molar refractivity (Wildman–Crippen MR) is 99.0 cm³/mol. The Hall–Kier alpha value is -2.73. The second kappa shape index (κ2) is 7.03. The zero-order chi connectivity index (χ0) is 17.9. The lowest BCUT2D eigenvalue weighted by Crippen LogP contribution is -2.14. The first-order valence-corrected chi connectivity index (χ1v) is 9.59. The quantitative estimate of drug-likeness (QED) is 0.502. The number of para-hydroxylation sites is 1. The van der Waals surface area contributed by atoms with Gasteiger partial charge in [0.1, 0.15) is 0 Å². The van der Waals surface area contributed by atoms with Crippen LogP contribution in [0, 0.1) is 0 Å². The van der Waals surface area contributed by atoms with E-state index in [0.29, 0.717) is 23.1 Å². The molecule has 25 heavy (non-hydrogen) atoms. The van der Waals surface area contributed by atoms with Crippen molar-refractivity contribution in [2.45, 2.75) is 13.3 Å². The molecule has 0 aliphatic heterocycles. The number of hydrogen-bond acceptors (Lipinski definition) is 4. The molecule has 1 aromatic carbocycles.